The lowest BCUT2D eigenvalue weighted by Gasteiger charge is -2.10. The number of benzene rings is 1. The van der Waals surface area contributed by atoms with Crippen molar-refractivity contribution in [3.8, 4) is 5.75 Å². The second-order valence-corrected chi connectivity index (χ2v) is 3.99. The first-order valence-corrected chi connectivity index (χ1v) is 5.66. The number of hydrogen-bond acceptors (Lipinski definition) is 5. The zero-order chi connectivity index (χ0) is 13.2. The first-order chi connectivity index (χ1) is 8.44. The Bertz CT molecular complexity index is 546. The highest BCUT2D eigenvalue weighted by atomic mass is 35.5. The van der Waals surface area contributed by atoms with Crippen LogP contribution in [0.4, 0.5) is 24.7 Å². The van der Waals surface area contributed by atoms with Crippen LogP contribution in [0.15, 0.2) is 24.3 Å². The summed E-state index contributed by atoms with van der Waals surface area (Å²) in [5, 5.41) is 2.89. The Morgan fingerprint density at radius 1 is 1.28 bits per heavy atom. The molecule has 1 aromatic heterocycles. The summed E-state index contributed by atoms with van der Waals surface area (Å²) in [5.74, 6) is -0.0439. The number of hydrogen-bond donors (Lipinski definition) is 1. The molecule has 0 radical (unpaired) electrons. The minimum atomic E-state index is -4.72. The SMILES string of the molecule is FC(F)(F)Oc1cccc(Nc2nsnc2Cl)c1. The third-order valence-electron chi connectivity index (χ3n) is 1.78. The summed E-state index contributed by atoms with van der Waals surface area (Å²) in [6, 6.07) is 5.35. The molecule has 0 fully saturated rings. The van der Waals surface area contributed by atoms with E-state index < -0.39 is 6.36 Å². The minimum absolute atomic E-state index is 0.155. The van der Waals surface area contributed by atoms with Crippen LogP contribution in [0.1, 0.15) is 0 Å². The average molecular weight is 296 g/mol. The van der Waals surface area contributed by atoms with Crippen LogP contribution in [0.5, 0.6) is 5.75 Å². The van der Waals surface area contributed by atoms with Gasteiger partial charge in [0.05, 0.1) is 11.7 Å². The monoisotopic (exact) mass is 295 g/mol. The molecule has 96 valence electrons. The fourth-order valence-electron chi connectivity index (χ4n) is 1.16. The molecule has 1 heterocycles. The van der Waals surface area contributed by atoms with Crippen molar-refractivity contribution >= 4 is 34.8 Å². The highest BCUT2D eigenvalue weighted by Gasteiger charge is 2.31. The van der Waals surface area contributed by atoms with Gasteiger partial charge in [-0.25, -0.2) is 0 Å². The van der Waals surface area contributed by atoms with Gasteiger partial charge in [0.1, 0.15) is 5.75 Å². The fraction of sp³-hybridized carbons (Fsp3) is 0.111. The lowest BCUT2D eigenvalue weighted by molar-refractivity contribution is -0.274. The van der Waals surface area contributed by atoms with Crippen molar-refractivity contribution in [2.24, 2.45) is 0 Å². The number of anilines is 2. The minimum Gasteiger partial charge on any atom is -0.406 e. The molecule has 0 aliphatic heterocycles. The van der Waals surface area contributed by atoms with E-state index in [9.17, 15) is 13.2 Å². The van der Waals surface area contributed by atoms with Crippen molar-refractivity contribution in [2.75, 3.05) is 5.32 Å². The van der Waals surface area contributed by atoms with Crippen molar-refractivity contribution in [3.63, 3.8) is 0 Å². The molecule has 0 bridgehead atoms. The van der Waals surface area contributed by atoms with Crippen LogP contribution in [0.25, 0.3) is 0 Å². The molecule has 2 aromatic rings. The Hall–Kier alpha value is -1.54. The van der Waals surface area contributed by atoms with Crippen LogP contribution in [-0.4, -0.2) is 15.1 Å². The molecule has 0 saturated carbocycles. The number of nitrogens with one attached hydrogen (secondary N) is 1. The van der Waals surface area contributed by atoms with Crippen molar-refractivity contribution in [1.29, 1.82) is 0 Å². The number of rotatable bonds is 3. The van der Waals surface area contributed by atoms with Crippen LogP contribution >= 0.6 is 23.3 Å². The van der Waals surface area contributed by atoms with Crippen molar-refractivity contribution in [1.82, 2.24) is 8.75 Å². The third kappa shape index (κ3) is 3.47. The molecule has 0 spiro atoms. The molecule has 0 amide bonds. The van der Waals surface area contributed by atoms with E-state index in [1.54, 1.807) is 6.07 Å². The van der Waals surface area contributed by atoms with E-state index in [1.807, 2.05) is 0 Å². The average Bonchev–Trinajstić information content (AvgIpc) is 2.62. The van der Waals surface area contributed by atoms with Gasteiger partial charge in [0, 0.05) is 11.8 Å². The van der Waals surface area contributed by atoms with Crippen molar-refractivity contribution in [2.45, 2.75) is 6.36 Å². The van der Waals surface area contributed by atoms with Crippen LogP contribution in [-0.2, 0) is 0 Å². The van der Waals surface area contributed by atoms with Gasteiger partial charge in [0.15, 0.2) is 11.0 Å². The van der Waals surface area contributed by atoms with E-state index in [2.05, 4.69) is 18.8 Å². The number of halogens is 4. The van der Waals surface area contributed by atoms with E-state index in [-0.39, 0.29) is 16.7 Å². The van der Waals surface area contributed by atoms with Crippen LogP contribution in [0.2, 0.25) is 5.15 Å². The number of aromatic nitrogens is 2. The summed E-state index contributed by atoms with van der Waals surface area (Å²) >= 11 is 6.59. The Morgan fingerprint density at radius 3 is 2.67 bits per heavy atom. The van der Waals surface area contributed by atoms with E-state index in [1.165, 1.54) is 18.2 Å². The van der Waals surface area contributed by atoms with Crippen molar-refractivity contribution < 1.29 is 17.9 Å². The molecule has 2 rings (SSSR count). The van der Waals surface area contributed by atoms with Gasteiger partial charge < -0.3 is 10.1 Å². The molecule has 0 aliphatic carbocycles. The van der Waals surface area contributed by atoms with E-state index in [0.717, 1.165) is 11.7 Å². The Balaban J connectivity index is 2.15. The topological polar surface area (TPSA) is 47.0 Å². The second-order valence-electron chi connectivity index (χ2n) is 3.10. The predicted molar refractivity (Wildman–Crippen MR) is 61.3 cm³/mol. The van der Waals surface area contributed by atoms with Gasteiger partial charge >= 0.3 is 6.36 Å². The molecule has 18 heavy (non-hydrogen) atoms. The maximum Gasteiger partial charge on any atom is 0.573 e. The van der Waals surface area contributed by atoms with E-state index >= 15 is 0 Å². The molecule has 9 heteroatoms. The van der Waals surface area contributed by atoms with E-state index in [0.29, 0.717) is 5.69 Å². The molecule has 0 atom stereocenters. The first-order valence-electron chi connectivity index (χ1n) is 4.55. The quantitative estimate of drug-likeness (QED) is 0.935. The molecule has 0 aliphatic rings. The van der Waals surface area contributed by atoms with Gasteiger partial charge in [-0.2, -0.15) is 8.75 Å². The molecule has 1 N–H and O–H groups in total. The molecule has 4 nitrogen and oxygen atoms in total. The largest absolute Gasteiger partial charge is 0.573 e. The zero-order valence-electron chi connectivity index (χ0n) is 8.53. The molecular formula is C9H5ClF3N3OS. The summed E-state index contributed by atoms with van der Waals surface area (Å²) in [4.78, 5) is 0. The maximum atomic E-state index is 12.0. The molecular weight excluding hydrogens is 291 g/mol. The predicted octanol–water partition coefficient (Wildman–Crippen LogP) is 3.83. The van der Waals surface area contributed by atoms with Gasteiger partial charge in [0.2, 0.25) is 0 Å². The Morgan fingerprint density at radius 2 is 2.06 bits per heavy atom. The first kappa shape index (κ1) is 12.9. The van der Waals surface area contributed by atoms with Crippen molar-refractivity contribution in [3.05, 3.63) is 29.4 Å². The zero-order valence-corrected chi connectivity index (χ0v) is 10.1. The Kier molecular flexibility index (Phi) is 3.58. The number of alkyl halides is 3. The molecule has 0 saturated heterocycles. The summed E-state index contributed by atoms with van der Waals surface area (Å²) in [6.45, 7) is 0. The summed E-state index contributed by atoms with van der Waals surface area (Å²) < 4.78 is 47.4. The summed E-state index contributed by atoms with van der Waals surface area (Å²) in [6.07, 6.45) is -4.72. The number of ether oxygens (including phenoxy) is 1. The third-order valence-corrected chi connectivity index (χ3v) is 2.67. The van der Waals surface area contributed by atoms with Gasteiger partial charge in [0.25, 0.3) is 0 Å². The number of nitrogens with zero attached hydrogens (tertiary/aromatic N) is 2. The van der Waals surface area contributed by atoms with Gasteiger partial charge in [-0.3, -0.25) is 0 Å². The highest BCUT2D eigenvalue weighted by molar-refractivity contribution is 6.99. The van der Waals surface area contributed by atoms with Crippen LogP contribution in [0, 0.1) is 0 Å². The molecule has 0 unspecified atom stereocenters. The van der Waals surface area contributed by atoms with Gasteiger partial charge in [-0.15, -0.1) is 13.2 Å². The molecule has 1 aromatic carbocycles. The normalized spacial score (nSPS) is 11.3. The standard InChI is InChI=1S/C9H5ClF3N3OS/c10-7-8(16-18-15-7)14-5-2-1-3-6(4-5)17-9(11,12)13/h1-4H,(H,14,16). The van der Waals surface area contributed by atoms with Crippen LogP contribution in [0.3, 0.4) is 0 Å². The maximum absolute atomic E-state index is 12.0. The highest BCUT2D eigenvalue weighted by Crippen LogP contribution is 2.28. The smallest absolute Gasteiger partial charge is 0.406 e. The van der Waals surface area contributed by atoms with E-state index in [4.69, 9.17) is 11.6 Å². The lowest BCUT2D eigenvalue weighted by atomic mass is 10.3. The van der Waals surface area contributed by atoms with Gasteiger partial charge in [-0.05, 0) is 12.1 Å². The van der Waals surface area contributed by atoms with Crippen LogP contribution < -0.4 is 10.1 Å². The second kappa shape index (κ2) is 4.99. The lowest BCUT2D eigenvalue weighted by Crippen LogP contribution is -2.17. The summed E-state index contributed by atoms with van der Waals surface area (Å²) in [7, 11) is 0. The van der Waals surface area contributed by atoms with Gasteiger partial charge in [-0.1, -0.05) is 17.7 Å². The fourth-order valence-corrected chi connectivity index (χ4v) is 1.81. The Labute approximate surface area is 109 Å². The summed E-state index contributed by atoms with van der Waals surface area (Å²) in [5.41, 5.74) is 0.367.